The van der Waals surface area contributed by atoms with Gasteiger partial charge in [0, 0.05) is 19.2 Å². The molecular weight excluding hydrogens is 332 g/mol. The van der Waals surface area contributed by atoms with Crippen LogP contribution in [0.15, 0.2) is 47.2 Å². The Kier molecular flexibility index (Phi) is 4.21. The summed E-state index contributed by atoms with van der Waals surface area (Å²) in [6, 6.07) is 11.4. The summed E-state index contributed by atoms with van der Waals surface area (Å²) in [7, 11) is 2.06. The standard InChI is InChI=1S/C18H16N6O2/c1-24-10-13(11-24)25-15-5-3-2-4-14(15)16-6-17(23-26-16)22-18-9-20-12(7-19)8-21-18/h2-6,8-9,13H,10-11H2,1H3,(H,21,22,23). The molecule has 1 N–H and O–H groups in total. The number of hydrogen-bond donors (Lipinski definition) is 1. The first-order valence-electron chi connectivity index (χ1n) is 8.12. The summed E-state index contributed by atoms with van der Waals surface area (Å²) in [5.74, 6) is 2.34. The van der Waals surface area contributed by atoms with Crippen molar-refractivity contribution in [2.45, 2.75) is 6.10 Å². The molecule has 0 bridgehead atoms. The number of nitriles is 1. The number of nitrogens with one attached hydrogen (secondary N) is 1. The third-order valence-electron chi connectivity index (χ3n) is 4.01. The minimum absolute atomic E-state index is 0.190. The van der Waals surface area contributed by atoms with Crippen LogP contribution in [-0.4, -0.2) is 46.3 Å². The highest BCUT2D eigenvalue weighted by molar-refractivity contribution is 5.68. The van der Waals surface area contributed by atoms with Gasteiger partial charge in [0.05, 0.1) is 18.0 Å². The maximum absolute atomic E-state index is 8.76. The van der Waals surface area contributed by atoms with Crippen molar-refractivity contribution in [1.29, 1.82) is 5.26 Å². The van der Waals surface area contributed by atoms with Crippen molar-refractivity contribution in [2.75, 3.05) is 25.5 Å². The second-order valence-corrected chi connectivity index (χ2v) is 6.06. The van der Waals surface area contributed by atoms with E-state index in [0.717, 1.165) is 24.4 Å². The van der Waals surface area contributed by atoms with Crippen molar-refractivity contribution in [3.63, 3.8) is 0 Å². The van der Waals surface area contributed by atoms with Gasteiger partial charge < -0.3 is 14.6 Å². The minimum Gasteiger partial charge on any atom is -0.487 e. The van der Waals surface area contributed by atoms with E-state index in [9.17, 15) is 0 Å². The lowest BCUT2D eigenvalue weighted by molar-refractivity contribution is 0.0391. The molecule has 3 aromatic rings. The quantitative estimate of drug-likeness (QED) is 0.750. The Morgan fingerprint density at radius 3 is 2.81 bits per heavy atom. The lowest BCUT2D eigenvalue weighted by Gasteiger charge is -2.36. The maximum Gasteiger partial charge on any atom is 0.175 e. The molecule has 8 nitrogen and oxygen atoms in total. The fourth-order valence-electron chi connectivity index (χ4n) is 2.71. The minimum atomic E-state index is 0.190. The van der Waals surface area contributed by atoms with Crippen molar-refractivity contribution < 1.29 is 9.26 Å². The highest BCUT2D eigenvalue weighted by atomic mass is 16.5. The van der Waals surface area contributed by atoms with E-state index in [4.69, 9.17) is 14.5 Å². The number of nitrogens with zero attached hydrogens (tertiary/aromatic N) is 5. The summed E-state index contributed by atoms with van der Waals surface area (Å²) >= 11 is 0. The smallest absolute Gasteiger partial charge is 0.175 e. The molecule has 1 fully saturated rings. The molecule has 0 radical (unpaired) electrons. The summed E-state index contributed by atoms with van der Waals surface area (Å²) in [5.41, 5.74) is 1.10. The van der Waals surface area contributed by atoms with Crippen molar-refractivity contribution in [3.8, 4) is 23.1 Å². The van der Waals surface area contributed by atoms with Gasteiger partial charge in [-0.3, -0.25) is 4.90 Å². The molecule has 1 aromatic carbocycles. The highest BCUT2D eigenvalue weighted by Gasteiger charge is 2.26. The normalized spacial score (nSPS) is 14.5. The van der Waals surface area contributed by atoms with Gasteiger partial charge >= 0.3 is 0 Å². The number of para-hydroxylation sites is 1. The lowest BCUT2D eigenvalue weighted by Crippen LogP contribution is -2.51. The van der Waals surface area contributed by atoms with Crippen LogP contribution in [0, 0.1) is 11.3 Å². The van der Waals surface area contributed by atoms with E-state index < -0.39 is 0 Å². The van der Waals surface area contributed by atoms with Gasteiger partial charge in [-0.2, -0.15) is 5.26 Å². The maximum atomic E-state index is 8.76. The number of rotatable bonds is 5. The SMILES string of the molecule is CN1CC(Oc2ccccc2-c2cc(Nc3cnc(C#N)cn3)no2)C1. The largest absolute Gasteiger partial charge is 0.487 e. The third kappa shape index (κ3) is 3.34. The molecule has 26 heavy (non-hydrogen) atoms. The molecule has 1 aliphatic heterocycles. The fourth-order valence-corrected chi connectivity index (χ4v) is 2.71. The van der Waals surface area contributed by atoms with E-state index in [1.165, 1.54) is 12.4 Å². The van der Waals surface area contributed by atoms with Gasteiger partial charge in [-0.25, -0.2) is 9.97 Å². The van der Waals surface area contributed by atoms with Crippen LogP contribution in [0.25, 0.3) is 11.3 Å². The average Bonchev–Trinajstić information content (AvgIpc) is 3.10. The molecule has 0 unspecified atom stereocenters. The molecule has 3 heterocycles. The number of benzene rings is 1. The summed E-state index contributed by atoms with van der Waals surface area (Å²) in [4.78, 5) is 10.3. The monoisotopic (exact) mass is 348 g/mol. The molecule has 1 saturated heterocycles. The highest BCUT2D eigenvalue weighted by Crippen LogP contribution is 2.33. The fraction of sp³-hybridized carbons (Fsp3) is 0.222. The van der Waals surface area contributed by atoms with E-state index in [0.29, 0.717) is 17.4 Å². The van der Waals surface area contributed by atoms with Crippen LogP contribution in [0.4, 0.5) is 11.6 Å². The van der Waals surface area contributed by atoms with Crippen LogP contribution in [0.3, 0.4) is 0 Å². The molecule has 0 amide bonds. The molecule has 4 rings (SSSR count). The molecule has 2 aromatic heterocycles. The Balaban J connectivity index is 1.51. The zero-order valence-corrected chi connectivity index (χ0v) is 14.1. The van der Waals surface area contributed by atoms with Gasteiger partial charge in [-0.05, 0) is 19.2 Å². The van der Waals surface area contributed by atoms with Crippen LogP contribution >= 0.6 is 0 Å². The Hall–Kier alpha value is -3.44. The molecule has 0 spiro atoms. The van der Waals surface area contributed by atoms with E-state index in [1.807, 2.05) is 30.3 Å². The van der Waals surface area contributed by atoms with Crippen LogP contribution in [0.1, 0.15) is 5.69 Å². The number of likely N-dealkylation sites (N-methyl/N-ethyl adjacent to an activating group) is 1. The number of hydrogen-bond acceptors (Lipinski definition) is 8. The Morgan fingerprint density at radius 2 is 2.08 bits per heavy atom. The zero-order valence-electron chi connectivity index (χ0n) is 14.1. The number of anilines is 2. The summed E-state index contributed by atoms with van der Waals surface area (Å²) < 4.78 is 11.5. The predicted octanol–water partition coefficient (Wildman–Crippen LogP) is 2.44. The second kappa shape index (κ2) is 6.82. The summed E-state index contributed by atoms with van der Waals surface area (Å²) in [6.07, 6.45) is 3.05. The van der Waals surface area contributed by atoms with Gasteiger partial charge in [0.2, 0.25) is 0 Å². The molecule has 130 valence electrons. The predicted molar refractivity (Wildman–Crippen MR) is 93.9 cm³/mol. The van der Waals surface area contributed by atoms with E-state index in [2.05, 4.69) is 32.4 Å². The van der Waals surface area contributed by atoms with Crippen molar-refractivity contribution in [3.05, 3.63) is 48.4 Å². The van der Waals surface area contributed by atoms with Crippen molar-refractivity contribution in [2.24, 2.45) is 0 Å². The first-order valence-corrected chi connectivity index (χ1v) is 8.12. The summed E-state index contributed by atoms with van der Waals surface area (Å²) in [6.45, 7) is 1.82. The Labute approximate surface area is 150 Å². The third-order valence-corrected chi connectivity index (χ3v) is 4.01. The van der Waals surface area contributed by atoms with Crippen LogP contribution < -0.4 is 10.1 Å². The van der Waals surface area contributed by atoms with Crippen LogP contribution in [0.5, 0.6) is 5.75 Å². The Morgan fingerprint density at radius 1 is 1.23 bits per heavy atom. The second-order valence-electron chi connectivity index (χ2n) is 6.06. The van der Waals surface area contributed by atoms with Crippen molar-refractivity contribution >= 4 is 11.6 Å². The first-order chi connectivity index (χ1) is 12.7. The molecule has 0 atom stereocenters. The number of aromatic nitrogens is 3. The number of likely N-dealkylation sites (tertiary alicyclic amines) is 1. The zero-order chi connectivity index (χ0) is 17.9. The lowest BCUT2D eigenvalue weighted by atomic mass is 10.1. The summed E-state index contributed by atoms with van der Waals surface area (Å²) in [5, 5.41) is 15.8. The average molecular weight is 348 g/mol. The van der Waals surface area contributed by atoms with Gasteiger partial charge in [-0.15, -0.1) is 0 Å². The van der Waals surface area contributed by atoms with Crippen molar-refractivity contribution in [1.82, 2.24) is 20.0 Å². The van der Waals surface area contributed by atoms with E-state index >= 15 is 0 Å². The van der Waals surface area contributed by atoms with Gasteiger partial charge in [0.1, 0.15) is 23.7 Å². The Bertz CT molecular complexity index is 941. The molecule has 0 aliphatic carbocycles. The van der Waals surface area contributed by atoms with Crippen LogP contribution in [-0.2, 0) is 0 Å². The molecule has 0 saturated carbocycles. The topological polar surface area (TPSA) is 100 Å². The van der Waals surface area contributed by atoms with E-state index in [-0.39, 0.29) is 11.8 Å². The molecule has 1 aliphatic rings. The van der Waals surface area contributed by atoms with Gasteiger partial charge in [-0.1, -0.05) is 17.3 Å². The number of ether oxygens (including phenoxy) is 1. The molecule has 8 heteroatoms. The first kappa shape index (κ1) is 16.1. The van der Waals surface area contributed by atoms with Crippen LogP contribution in [0.2, 0.25) is 0 Å². The molecular formula is C18H16N6O2. The van der Waals surface area contributed by atoms with E-state index in [1.54, 1.807) is 6.07 Å². The van der Waals surface area contributed by atoms with Gasteiger partial charge in [0.15, 0.2) is 17.3 Å². The van der Waals surface area contributed by atoms with Gasteiger partial charge in [0.25, 0.3) is 0 Å².